The molecule has 0 aromatic heterocycles. The predicted octanol–water partition coefficient (Wildman–Crippen LogP) is 9.12. The fraction of sp³-hybridized carbons (Fsp3) is 0.438. The van der Waals surface area contributed by atoms with Gasteiger partial charge in [0.05, 0.1) is 0 Å². The molecule has 0 spiro atoms. The van der Waals surface area contributed by atoms with Gasteiger partial charge < -0.3 is 0 Å². The summed E-state index contributed by atoms with van der Waals surface area (Å²) in [6.07, 6.45) is 18.7. The standard InChI is InChI=1S/C32H36/c1-2-7-15-25-21-23(13-5-1)27-17-10-12-20-30(27)32(25)31-22-24-14-6-3-4-8-18-29(31)28-19-11-9-16-26(24)28/h9-12,16-17,19-22,29,31H,1-8,13-15,18H2. The Morgan fingerprint density at radius 2 is 1.28 bits per heavy atom. The van der Waals surface area contributed by atoms with Crippen LogP contribution in [0.4, 0.5) is 0 Å². The van der Waals surface area contributed by atoms with Crippen molar-refractivity contribution in [1.29, 1.82) is 0 Å². The highest BCUT2D eigenvalue weighted by Crippen LogP contribution is 2.50. The van der Waals surface area contributed by atoms with Crippen molar-refractivity contribution >= 4 is 16.3 Å². The maximum absolute atomic E-state index is 2.73. The molecule has 164 valence electrons. The van der Waals surface area contributed by atoms with Crippen LogP contribution in [0.1, 0.15) is 104 Å². The van der Waals surface area contributed by atoms with Gasteiger partial charge >= 0.3 is 0 Å². The van der Waals surface area contributed by atoms with Crippen LogP contribution in [-0.2, 0) is 12.8 Å². The molecule has 0 fully saturated rings. The lowest BCUT2D eigenvalue weighted by molar-refractivity contribution is 0.503. The Balaban J connectivity index is 1.59. The summed E-state index contributed by atoms with van der Waals surface area (Å²) in [7, 11) is 0. The first kappa shape index (κ1) is 20.3. The molecule has 0 saturated carbocycles. The Labute approximate surface area is 193 Å². The van der Waals surface area contributed by atoms with Crippen molar-refractivity contribution in [3.8, 4) is 0 Å². The van der Waals surface area contributed by atoms with E-state index < -0.39 is 0 Å². The topological polar surface area (TPSA) is 0 Å². The van der Waals surface area contributed by atoms with Crippen molar-refractivity contribution in [3.05, 3.63) is 88.5 Å². The van der Waals surface area contributed by atoms with E-state index in [2.05, 4.69) is 60.7 Å². The fourth-order valence-electron chi connectivity index (χ4n) is 6.93. The zero-order valence-electron chi connectivity index (χ0n) is 19.4. The molecule has 32 heavy (non-hydrogen) atoms. The molecule has 0 nitrogen and oxygen atoms in total. The smallest absolute Gasteiger partial charge is 0.0102 e. The van der Waals surface area contributed by atoms with Gasteiger partial charge in [-0.15, -0.1) is 0 Å². The fourth-order valence-corrected chi connectivity index (χ4v) is 6.93. The van der Waals surface area contributed by atoms with E-state index in [9.17, 15) is 0 Å². The van der Waals surface area contributed by atoms with Gasteiger partial charge in [0.2, 0.25) is 0 Å². The predicted molar refractivity (Wildman–Crippen MR) is 137 cm³/mol. The first-order chi connectivity index (χ1) is 15.9. The van der Waals surface area contributed by atoms with Crippen LogP contribution in [0.3, 0.4) is 0 Å². The molecule has 0 aliphatic heterocycles. The average molecular weight is 421 g/mol. The summed E-state index contributed by atoms with van der Waals surface area (Å²) in [6.45, 7) is 0. The van der Waals surface area contributed by atoms with Crippen LogP contribution < -0.4 is 0 Å². The molecular weight excluding hydrogens is 384 g/mol. The SMILES string of the molecule is C1=C2CCCCCCC(c3ccccc32)C1c1c2cc(c3ccccc13)CCCCCC2. The van der Waals surface area contributed by atoms with Crippen LogP contribution in [0, 0.1) is 0 Å². The first-order valence-corrected chi connectivity index (χ1v) is 13.2. The van der Waals surface area contributed by atoms with Gasteiger partial charge in [-0.3, -0.25) is 0 Å². The minimum atomic E-state index is 0.521. The van der Waals surface area contributed by atoms with Gasteiger partial charge in [-0.1, -0.05) is 92.8 Å². The monoisotopic (exact) mass is 420 g/mol. The zero-order chi connectivity index (χ0) is 21.3. The minimum absolute atomic E-state index is 0.521. The van der Waals surface area contributed by atoms with Gasteiger partial charge in [-0.25, -0.2) is 0 Å². The van der Waals surface area contributed by atoms with E-state index in [1.807, 2.05) is 0 Å². The van der Waals surface area contributed by atoms with Crippen LogP contribution in [0.2, 0.25) is 0 Å². The molecule has 3 aliphatic carbocycles. The molecule has 6 rings (SSSR count). The van der Waals surface area contributed by atoms with Crippen LogP contribution in [0.25, 0.3) is 16.3 Å². The molecule has 3 aliphatic rings. The van der Waals surface area contributed by atoms with Crippen LogP contribution >= 0.6 is 0 Å². The largest absolute Gasteiger partial charge is 0.0725 e. The Bertz CT molecular complexity index is 1150. The molecule has 0 heteroatoms. The molecule has 0 amide bonds. The Morgan fingerprint density at radius 3 is 2.16 bits per heavy atom. The van der Waals surface area contributed by atoms with E-state index in [1.54, 1.807) is 38.8 Å². The van der Waals surface area contributed by atoms with Crippen LogP contribution in [0.15, 0.2) is 60.7 Å². The molecule has 0 heterocycles. The number of benzene rings is 3. The quantitative estimate of drug-likeness (QED) is 0.368. The van der Waals surface area contributed by atoms with Gasteiger partial charge in [0, 0.05) is 5.92 Å². The van der Waals surface area contributed by atoms with E-state index in [0.29, 0.717) is 11.8 Å². The van der Waals surface area contributed by atoms with Gasteiger partial charge in [0.1, 0.15) is 0 Å². The normalized spacial score (nSPS) is 23.6. The van der Waals surface area contributed by atoms with Crippen molar-refractivity contribution in [1.82, 2.24) is 0 Å². The van der Waals surface area contributed by atoms with Gasteiger partial charge in [0.15, 0.2) is 0 Å². The molecular formula is C32H36. The Morgan fingerprint density at radius 1 is 0.594 bits per heavy atom. The number of hydrogen-bond acceptors (Lipinski definition) is 0. The summed E-state index contributed by atoms with van der Waals surface area (Å²) < 4.78 is 0. The van der Waals surface area contributed by atoms with Crippen molar-refractivity contribution < 1.29 is 0 Å². The zero-order valence-corrected chi connectivity index (χ0v) is 19.4. The van der Waals surface area contributed by atoms with Gasteiger partial charge in [-0.2, -0.15) is 0 Å². The Kier molecular flexibility index (Phi) is 5.63. The lowest BCUT2D eigenvalue weighted by Crippen LogP contribution is -2.19. The maximum atomic E-state index is 2.73. The highest BCUT2D eigenvalue weighted by atomic mass is 14.4. The van der Waals surface area contributed by atoms with Gasteiger partial charge in [0.25, 0.3) is 0 Å². The third-order valence-corrected chi connectivity index (χ3v) is 8.46. The highest BCUT2D eigenvalue weighted by molar-refractivity contribution is 5.91. The number of fused-ring (bicyclic) bond motifs is 9. The maximum Gasteiger partial charge on any atom is 0.0102 e. The summed E-state index contributed by atoms with van der Waals surface area (Å²) in [5, 5.41) is 3.07. The number of aryl methyl sites for hydroxylation is 2. The first-order valence-electron chi connectivity index (χ1n) is 13.2. The van der Waals surface area contributed by atoms with Gasteiger partial charge in [-0.05, 0) is 95.0 Å². The second-order valence-electron chi connectivity index (χ2n) is 10.4. The highest BCUT2D eigenvalue weighted by Gasteiger charge is 2.33. The van der Waals surface area contributed by atoms with E-state index in [4.69, 9.17) is 0 Å². The number of rotatable bonds is 1. The molecule has 4 bridgehead atoms. The van der Waals surface area contributed by atoms with Crippen molar-refractivity contribution in [2.75, 3.05) is 0 Å². The molecule has 3 aromatic carbocycles. The minimum Gasteiger partial charge on any atom is -0.0725 e. The van der Waals surface area contributed by atoms with E-state index in [0.717, 1.165) is 0 Å². The summed E-state index contributed by atoms with van der Waals surface area (Å²) in [5.41, 5.74) is 9.72. The van der Waals surface area contributed by atoms with Crippen molar-refractivity contribution in [2.24, 2.45) is 0 Å². The van der Waals surface area contributed by atoms with Crippen molar-refractivity contribution in [2.45, 2.75) is 88.9 Å². The molecule has 0 radical (unpaired) electrons. The summed E-state index contributed by atoms with van der Waals surface area (Å²) in [4.78, 5) is 0. The van der Waals surface area contributed by atoms with E-state index in [-0.39, 0.29) is 0 Å². The lowest BCUT2D eigenvalue weighted by atomic mass is 9.68. The van der Waals surface area contributed by atoms with E-state index >= 15 is 0 Å². The third-order valence-electron chi connectivity index (χ3n) is 8.46. The second-order valence-corrected chi connectivity index (χ2v) is 10.4. The number of hydrogen-bond donors (Lipinski definition) is 0. The molecule has 2 unspecified atom stereocenters. The summed E-state index contributed by atoms with van der Waals surface area (Å²) in [6, 6.07) is 21.4. The second kappa shape index (κ2) is 8.89. The third kappa shape index (κ3) is 3.62. The summed E-state index contributed by atoms with van der Waals surface area (Å²) in [5.74, 6) is 1.14. The van der Waals surface area contributed by atoms with Crippen LogP contribution in [-0.4, -0.2) is 0 Å². The molecule has 2 atom stereocenters. The number of allylic oxidation sites excluding steroid dienone is 2. The van der Waals surface area contributed by atoms with Crippen molar-refractivity contribution in [3.63, 3.8) is 0 Å². The molecule has 0 N–H and O–H groups in total. The van der Waals surface area contributed by atoms with E-state index in [1.165, 1.54) is 82.4 Å². The average Bonchev–Trinajstić information content (AvgIpc) is 2.94. The molecule has 0 saturated heterocycles. The lowest BCUT2D eigenvalue weighted by Gasteiger charge is -2.36. The van der Waals surface area contributed by atoms with Crippen LogP contribution in [0.5, 0.6) is 0 Å². The molecule has 3 aromatic rings. The summed E-state index contributed by atoms with van der Waals surface area (Å²) >= 11 is 0. The Hall–Kier alpha value is -2.34.